The van der Waals surface area contributed by atoms with Crippen molar-refractivity contribution in [2.75, 3.05) is 13.2 Å². The highest BCUT2D eigenvalue weighted by atomic mass is 35.5. The van der Waals surface area contributed by atoms with Crippen molar-refractivity contribution in [3.63, 3.8) is 0 Å². The minimum Gasteiger partial charge on any atom is -0.396 e. The summed E-state index contributed by atoms with van der Waals surface area (Å²) < 4.78 is 1.87. The molecule has 1 heterocycles. The van der Waals surface area contributed by atoms with E-state index in [9.17, 15) is 4.79 Å². The lowest BCUT2D eigenvalue weighted by Crippen LogP contribution is -2.35. The number of hydrogen-bond donors (Lipinski definition) is 2. The van der Waals surface area contributed by atoms with Gasteiger partial charge in [-0.1, -0.05) is 25.4 Å². The molecular weight excluding hydrogens is 276 g/mol. The first-order chi connectivity index (χ1) is 9.26. The molecule has 0 aliphatic heterocycles. The van der Waals surface area contributed by atoms with Gasteiger partial charge in [-0.05, 0) is 38.2 Å². The number of halogens is 1. The fourth-order valence-electron chi connectivity index (χ4n) is 2.11. The molecule has 0 saturated carbocycles. The molecule has 0 atom stereocenters. The molecule has 114 valence electrons. The number of hydrogen-bond acceptors (Lipinski definition) is 2. The van der Waals surface area contributed by atoms with Crippen molar-refractivity contribution >= 4 is 17.5 Å². The van der Waals surface area contributed by atoms with Crippen LogP contribution < -0.4 is 5.32 Å². The van der Waals surface area contributed by atoms with Crippen LogP contribution >= 0.6 is 11.6 Å². The zero-order chi connectivity index (χ0) is 15.3. The van der Waals surface area contributed by atoms with Crippen LogP contribution in [0.2, 0.25) is 5.02 Å². The molecule has 1 amide bonds. The van der Waals surface area contributed by atoms with Gasteiger partial charge in [-0.3, -0.25) is 4.79 Å². The van der Waals surface area contributed by atoms with E-state index in [2.05, 4.69) is 19.2 Å². The SMILES string of the molecule is CC(C)n1cc(Cl)cc1C(=O)NCC(C)(C)CCCO. The Hall–Kier alpha value is -1.00. The molecular formula is C15H25ClN2O2. The predicted octanol–water partition coefficient (Wildman–Crippen LogP) is 3.25. The lowest BCUT2D eigenvalue weighted by molar-refractivity contribution is 0.0922. The fourth-order valence-corrected chi connectivity index (χ4v) is 2.32. The molecule has 4 nitrogen and oxygen atoms in total. The average Bonchev–Trinajstić information content (AvgIpc) is 2.76. The smallest absolute Gasteiger partial charge is 0.267 e. The first-order valence-electron chi connectivity index (χ1n) is 7.03. The third-order valence-corrected chi connectivity index (χ3v) is 3.55. The molecule has 1 aromatic heterocycles. The zero-order valence-corrected chi connectivity index (χ0v) is 13.5. The van der Waals surface area contributed by atoms with E-state index < -0.39 is 0 Å². The second-order valence-electron chi connectivity index (χ2n) is 6.22. The fraction of sp³-hybridized carbons (Fsp3) is 0.667. The number of nitrogens with zero attached hydrogens (tertiary/aromatic N) is 1. The molecule has 1 aromatic rings. The Bertz CT molecular complexity index is 453. The number of aliphatic hydroxyl groups is 1. The Balaban J connectivity index is 2.68. The van der Waals surface area contributed by atoms with Crippen LogP contribution in [0.3, 0.4) is 0 Å². The first kappa shape index (κ1) is 17.1. The van der Waals surface area contributed by atoms with Crippen molar-refractivity contribution in [2.45, 2.75) is 46.6 Å². The molecule has 0 saturated heterocycles. The normalized spacial score (nSPS) is 11.9. The number of amides is 1. The summed E-state index contributed by atoms with van der Waals surface area (Å²) in [4.78, 5) is 12.3. The molecule has 0 aliphatic rings. The molecule has 20 heavy (non-hydrogen) atoms. The van der Waals surface area contributed by atoms with E-state index in [1.807, 2.05) is 18.4 Å². The lowest BCUT2D eigenvalue weighted by Gasteiger charge is -2.25. The molecule has 0 radical (unpaired) electrons. The summed E-state index contributed by atoms with van der Waals surface area (Å²) in [5, 5.41) is 12.4. The van der Waals surface area contributed by atoms with Crippen LogP contribution in [-0.2, 0) is 0 Å². The van der Waals surface area contributed by atoms with Crippen molar-refractivity contribution in [1.29, 1.82) is 0 Å². The molecule has 0 aliphatic carbocycles. The Morgan fingerprint density at radius 3 is 2.70 bits per heavy atom. The van der Waals surface area contributed by atoms with Gasteiger partial charge in [0.15, 0.2) is 0 Å². The van der Waals surface area contributed by atoms with Crippen molar-refractivity contribution in [3.05, 3.63) is 23.0 Å². The van der Waals surface area contributed by atoms with Gasteiger partial charge in [0.2, 0.25) is 0 Å². The Morgan fingerprint density at radius 2 is 2.15 bits per heavy atom. The van der Waals surface area contributed by atoms with Gasteiger partial charge in [-0.25, -0.2) is 0 Å². The van der Waals surface area contributed by atoms with E-state index in [0.717, 1.165) is 12.8 Å². The molecule has 0 fully saturated rings. The highest BCUT2D eigenvalue weighted by molar-refractivity contribution is 6.31. The summed E-state index contributed by atoms with van der Waals surface area (Å²) in [6.45, 7) is 8.95. The van der Waals surface area contributed by atoms with Gasteiger partial charge >= 0.3 is 0 Å². The lowest BCUT2D eigenvalue weighted by atomic mass is 9.88. The summed E-state index contributed by atoms with van der Waals surface area (Å²) in [6.07, 6.45) is 3.39. The topological polar surface area (TPSA) is 54.3 Å². The Kier molecular flexibility index (Phi) is 6.08. The molecule has 5 heteroatoms. The number of aromatic nitrogens is 1. The summed E-state index contributed by atoms with van der Waals surface area (Å²) >= 11 is 5.98. The summed E-state index contributed by atoms with van der Waals surface area (Å²) in [7, 11) is 0. The van der Waals surface area contributed by atoms with Crippen molar-refractivity contribution < 1.29 is 9.90 Å². The Morgan fingerprint density at radius 1 is 1.50 bits per heavy atom. The highest BCUT2D eigenvalue weighted by Crippen LogP contribution is 2.22. The number of nitrogens with one attached hydrogen (secondary N) is 1. The van der Waals surface area contributed by atoms with E-state index in [4.69, 9.17) is 16.7 Å². The maximum atomic E-state index is 12.3. The minimum atomic E-state index is -0.109. The van der Waals surface area contributed by atoms with Crippen molar-refractivity contribution in [1.82, 2.24) is 9.88 Å². The number of carbonyl (C=O) groups excluding carboxylic acids is 1. The summed E-state index contributed by atoms with van der Waals surface area (Å²) in [6, 6.07) is 1.88. The Labute approximate surface area is 126 Å². The standard InChI is InChI=1S/C15H25ClN2O2/c1-11(2)18-9-12(16)8-13(18)14(20)17-10-15(3,4)6-5-7-19/h8-9,11,19H,5-7,10H2,1-4H3,(H,17,20). The summed E-state index contributed by atoms with van der Waals surface area (Å²) in [5.41, 5.74) is 0.556. The van der Waals surface area contributed by atoms with Crippen LogP contribution in [0.15, 0.2) is 12.3 Å². The third-order valence-electron chi connectivity index (χ3n) is 3.34. The average molecular weight is 301 g/mol. The second kappa shape index (κ2) is 7.14. The van der Waals surface area contributed by atoms with Crippen LogP contribution in [0.1, 0.15) is 57.1 Å². The van der Waals surface area contributed by atoms with Crippen LogP contribution in [0.5, 0.6) is 0 Å². The molecule has 0 bridgehead atoms. The maximum Gasteiger partial charge on any atom is 0.267 e. The van der Waals surface area contributed by atoms with Crippen molar-refractivity contribution in [3.8, 4) is 0 Å². The van der Waals surface area contributed by atoms with Gasteiger partial charge in [-0.2, -0.15) is 0 Å². The van der Waals surface area contributed by atoms with E-state index in [1.54, 1.807) is 12.3 Å². The van der Waals surface area contributed by atoms with Gasteiger partial charge < -0.3 is 15.0 Å². The summed E-state index contributed by atoms with van der Waals surface area (Å²) in [5.74, 6) is -0.109. The first-order valence-corrected chi connectivity index (χ1v) is 7.41. The predicted molar refractivity (Wildman–Crippen MR) is 82.3 cm³/mol. The second-order valence-corrected chi connectivity index (χ2v) is 6.66. The zero-order valence-electron chi connectivity index (χ0n) is 12.7. The quantitative estimate of drug-likeness (QED) is 0.812. The van der Waals surface area contributed by atoms with E-state index >= 15 is 0 Å². The monoisotopic (exact) mass is 300 g/mol. The van der Waals surface area contributed by atoms with Crippen LogP contribution in [0, 0.1) is 5.41 Å². The van der Waals surface area contributed by atoms with Crippen molar-refractivity contribution in [2.24, 2.45) is 5.41 Å². The van der Waals surface area contributed by atoms with Gasteiger partial charge in [0.1, 0.15) is 5.69 Å². The number of rotatable bonds is 7. The van der Waals surface area contributed by atoms with Crippen LogP contribution in [0.25, 0.3) is 0 Å². The van der Waals surface area contributed by atoms with Gasteiger partial charge in [0, 0.05) is 25.4 Å². The molecule has 1 rings (SSSR count). The van der Waals surface area contributed by atoms with E-state index in [1.165, 1.54) is 0 Å². The van der Waals surface area contributed by atoms with Gasteiger partial charge in [0.25, 0.3) is 5.91 Å². The van der Waals surface area contributed by atoms with E-state index in [-0.39, 0.29) is 24.0 Å². The highest BCUT2D eigenvalue weighted by Gasteiger charge is 2.21. The minimum absolute atomic E-state index is 0.0303. The van der Waals surface area contributed by atoms with Gasteiger partial charge in [0.05, 0.1) is 5.02 Å². The number of carbonyl (C=O) groups is 1. The molecule has 0 aromatic carbocycles. The molecule has 2 N–H and O–H groups in total. The molecule has 0 spiro atoms. The van der Waals surface area contributed by atoms with Crippen LogP contribution in [0.4, 0.5) is 0 Å². The van der Waals surface area contributed by atoms with E-state index in [0.29, 0.717) is 17.3 Å². The third kappa shape index (κ3) is 4.84. The number of aliphatic hydroxyl groups excluding tert-OH is 1. The van der Waals surface area contributed by atoms with Gasteiger partial charge in [-0.15, -0.1) is 0 Å². The van der Waals surface area contributed by atoms with Crippen LogP contribution in [-0.4, -0.2) is 28.7 Å². The largest absolute Gasteiger partial charge is 0.396 e. The molecule has 0 unspecified atom stereocenters. The maximum absolute atomic E-state index is 12.3.